The third kappa shape index (κ3) is 2.54. The molecular formula is C17H14N4. The largest absolute Gasteiger partial charge is 0.299 e. The molecule has 0 radical (unpaired) electrons. The summed E-state index contributed by atoms with van der Waals surface area (Å²) in [4.78, 5) is 8.93. The molecule has 0 amide bonds. The first-order valence-corrected chi connectivity index (χ1v) is 6.72. The zero-order chi connectivity index (χ0) is 14.7. The van der Waals surface area contributed by atoms with Crippen molar-refractivity contribution in [3.63, 3.8) is 0 Å². The molecule has 0 saturated heterocycles. The zero-order valence-electron chi connectivity index (χ0n) is 11.7. The highest BCUT2D eigenvalue weighted by Gasteiger charge is 2.10. The smallest absolute Gasteiger partial charge is 0.163 e. The molecule has 1 aromatic carbocycles. The van der Waals surface area contributed by atoms with Crippen LogP contribution >= 0.6 is 0 Å². The Morgan fingerprint density at radius 2 is 2.05 bits per heavy atom. The maximum Gasteiger partial charge on any atom is 0.163 e. The molecule has 0 spiro atoms. The van der Waals surface area contributed by atoms with Gasteiger partial charge in [0, 0.05) is 12.4 Å². The molecule has 4 heteroatoms. The van der Waals surface area contributed by atoms with Crippen LogP contribution in [0.25, 0.3) is 17.8 Å². The van der Waals surface area contributed by atoms with E-state index >= 15 is 0 Å². The summed E-state index contributed by atoms with van der Waals surface area (Å²) in [5.74, 6) is 0. The van der Waals surface area contributed by atoms with Crippen LogP contribution in [-0.4, -0.2) is 14.4 Å². The number of benzene rings is 1. The fourth-order valence-corrected chi connectivity index (χ4v) is 2.30. The first-order chi connectivity index (χ1) is 10.3. The van der Waals surface area contributed by atoms with Crippen molar-refractivity contribution in [2.75, 3.05) is 0 Å². The molecule has 0 unspecified atom stereocenters. The van der Waals surface area contributed by atoms with E-state index in [4.69, 9.17) is 5.26 Å². The molecule has 3 aromatic rings. The summed E-state index contributed by atoms with van der Waals surface area (Å²) in [7, 11) is 0. The minimum absolute atomic E-state index is 0.346. The van der Waals surface area contributed by atoms with Gasteiger partial charge in [-0.15, -0.1) is 0 Å². The van der Waals surface area contributed by atoms with Gasteiger partial charge in [0.25, 0.3) is 0 Å². The molecule has 21 heavy (non-hydrogen) atoms. The number of hydrogen-bond donors (Lipinski definition) is 0. The summed E-state index contributed by atoms with van der Waals surface area (Å²) in [5, 5.41) is 8.92. The molecule has 0 fully saturated rings. The quantitative estimate of drug-likeness (QED) is 0.736. The Bertz CT molecular complexity index is 838. The van der Waals surface area contributed by atoms with Gasteiger partial charge in [0.15, 0.2) is 5.65 Å². The van der Waals surface area contributed by atoms with Gasteiger partial charge in [0.1, 0.15) is 5.69 Å². The molecule has 4 nitrogen and oxygen atoms in total. The van der Waals surface area contributed by atoms with Gasteiger partial charge in [-0.05, 0) is 18.6 Å². The lowest BCUT2D eigenvalue weighted by atomic mass is 10.2. The van der Waals surface area contributed by atoms with Crippen LogP contribution in [0.4, 0.5) is 0 Å². The highest BCUT2D eigenvalue weighted by Crippen LogP contribution is 2.16. The molecule has 0 bridgehead atoms. The van der Waals surface area contributed by atoms with Crippen LogP contribution in [0.15, 0.2) is 42.7 Å². The van der Waals surface area contributed by atoms with E-state index in [1.165, 1.54) is 0 Å². The van der Waals surface area contributed by atoms with E-state index in [1.807, 2.05) is 60.0 Å². The molecule has 2 heterocycles. The number of hydrogen-bond acceptors (Lipinski definition) is 3. The lowest BCUT2D eigenvalue weighted by Crippen LogP contribution is -1.95. The monoisotopic (exact) mass is 274 g/mol. The van der Waals surface area contributed by atoms with E-state index in [0.29, 0.717) is 6.42 Å². The van der Waals surface area contributed by atoms with E-state index in [2.05, 4.69) is 16.0 Å². The third-order valence-electron chi connectivity index (χ3n) is 3.35. The van der Waals surface area contributed by atoms with Crippen molar-refractivity contribution in [3.05, 3.63) is 65.4 Å². The molecular weight excluding hydrogens is 260 g/mol. The first kappa shape index (κ1) is 13.1. The van der Waals surface area contributed by atoms with E-state index in [-0.39, 0.29) is 0 Å². The molecule has 0 N–H and O–H groups in total. The van der Waals surface area contributed by atoms with Gasteiger partial charge in [-0.3, -0.25) is 9.38 Å². The summed E-state index contributed by atoms with van der Waals surface area (Å²) in [5.41, 5.74) is 4.49. The normalized spacial score (nSPS) is 11.0. The van der Waals surface area contributed by atoms with Crippen molar-refractivity contribution < 1.29 is 0 Å². The molecule has 0 aliphatic rings. The fraction of sp³-hybridized carbons (Fsp3) is 0.118. The second-order valence-electron chi connectivity index (χ2n) is 4.73. The van der Waals surface area contributed by atoms with Crippen molar-refractivity contribution in [1.82, 2.24) is 14.4 Å². The zero-order valence-corrected chi connectivity index (χ0v) is 11.7. The average Bonchev–Trinajstić information content (AvgIpc) is 2.83. The number of nitrogens with zero attached hydrogens (tertiary/aromatic N) is 4. The van der Waals surface area contributed by atoms with E-state index in [1.54, 1.807) is 6.20 Å². The predicted molar refractivity (Wildman–Crippen MR) is 82.4 cm³/mol. The Kier molecular flexibility index (Phi) is 3.48. The van der Waals surface area contributed by atoms with E-state index in [9.17, 15) is 0 Å². The minimum Gasteiger partial charge on any atom is -0.299 e. The van der Waals surface area contributed by atoms with Crippen molar-refractivity contribution in [3.8, 4) is 6.07 Å². The number of imidazole rings is 1. The van der Waals surface area contributed by atoms with Crippen LogP contribution in [0, 0.1) is 18.3 Å². The van der Waals surface area contributed by atoms with Crippen LogP contribution in [0.2, 0.25) is 0 Å². The molecule has 0 aliphatic carbocycles. The predicted octanol–water partition coefficient (Wildman–Crippen LogP) is 3.27. The Labute approximate surface area is 123 Å². The third-order valence-corrected chi connectivity index (χ3v) is 3.35. The Morgan fingerprint density at radius 3 is 2.81 bits per heavy atom. The van der Waals surface area contributed by atoms with Gasteiger partial charge < -0.3 is 0 Å². The van der Waals surface area contributed by atoms with Gasteiger partial charge >= 0.3 is 0 Å². The van der Waals surface area contributed by atoms with Gasteiger partial charge in [0.05, 0.1) is 23.9 Å². The summed E-state index contributed by atoms with van der Waals surface area (Å²) < 4.78 is 1.94. The van der Waals surface area contributed by atoms with Crippen molar-refractivity contribution in [1.29, 1.82) is 5.26 Å². The molecule has 0 saturated carbocycles. The Balaban J connectivity index is 2.06. The summed E-state index contributed by atoms with van der Waals surface area (Å²) in [6, 6.07) is 12.2. The first-order valence-electron chi connectivity index (χ1n) is 6.72. The molecule has 0 aliphatic heterocycles. The number of nitriles is 1. The minimum atomic E-state index is 0.346. The second kappa shape index (κ2) is 5.59. The average molecular weight is 274 g/mol. The molecule has 3 rings (SSSR count). The molecule has 0 atom stereocenters. The van der Waals surface area contributed by atoms with Crippen LogP contribution in [0.3, 0.4) is 0 Å². The number of fused-ring (bicyclic) bond motifs is 1. The number of aromatic nitrogens is 3. The van der Waals surface area contributed by atoms with Crippen LogP contribution in [0.1, 0.15) is 22.6 Å². The van der Waals surface area contributed by atoms with Crippen LogP contribution in [-0.2, 0) is 6.42 Å². The standard InChI is InChI=1S/C17H14N4/c1-13-16(9-10-18)21-12-11-19-15(17(21)20-13)8-7-14-5-3-2-4-6-14/h2-8,11-12H,9H2,1H3. The van der Waals surface area contributed by atoms with Gasteiger partial charge in [-0.2, -0.15) is 5.26 Å². The van der Waals surface area contributed by atoms with Crippen molar-refractivity contribution >= 4 is 17.8 Å². The highest BCUT2D eigenvalue weighted by molar-refractivity contribution is 5.74. The summed E-state index contributed by atoms with van der Waals surface area (Å²) in [6.07, 6.45) is 7.89. The van der Waals surface area contributed by atoms with Gasteiger partial charge in [-0.25, -0.2) is 4.98 Å². The molecule has 102 valence electrons. The summed E-state index contributed by atoms with van der Waals surface area (Å²) >= 11 is 0. The Hall–Kier alpha value is -2.93. The van der Waals surface area contributed by atoms with Gasteiger partial charge in [-0.1, -0.05) is 36.4 Å². The highest BCUT2D eigenvalue weighted by atomic mass is 15.0. The maximum absolute atomic E-state index is 8.92. The molecule has 2 aromatic heterocycles. The SMILES string of the molecule is Cc1nc2c(C=Cc3ccccc3)nccn2c1CC#N. The maximum atomic E-state index is 8.92. The fourth-order valence-electron chi connectivity index (χ4n) is 2.30. The van der Waals surface area contributed by atoms with Crippen LogP contribution < -0.4 is 0 Å². The van der Waals surface area contributed by atoms with Crippen molar-refractivity contribution in [2.45, 2.75) is 13.3 Å². The van der Waals surface area contributed by atoms with Crippen molar-refractivity contribution in [2.24, 2.45) is 0 Å². The number of rotatable bonds is 3. The van der Waals surface area contributed by atoms with E-state index < -0.39 is 0 Å². The second-order valence-corrected chi connectivity index (χ2v) is 4.73. The Morgan fingerprint density at radius 1 is 1.24 bits per heavy atom. The van der Waals surface area contributed by atoms with Gasteiger partial charge in [0.2, 0.25) is 0 Å². The number of aryl methyl sites for hydroxylation is 1. The lowest BCUT2D eigenvalue weighted by molar-refractivity contribution is 1.02. The summed E-state index contributed by atoms with van der Waals surface area (Å²) in [6.45, 7) is 1.92. The van der Waals surface area contributed by atoms with Crippen LogP contribution in [0.5, 0.6) is 0 Å². The topological polar surface area (TPSA) is 54.0 Å². The lowest BCUT2D eigenvalue weighted by Gasteiger charge is -2.00. The van der Waals surface area contributed by atoms with E-state index in [0.717, 1.165) is 28.3 Å².